The minimum absolute atomic E-state index is 0.0525. The van der Waals surface area contributed by atoms with Crippen LogP contribution in [-0.2, 0) is 9.53 Å². The molecule has 1 atom stereocenters. The van der Waals surface area contributed by atoms with Gasteiger partial charge in [0.05, 0.1) is 43.6 Å². The smallest absolute Gasteiger partial charge is 0.337 e. The molecule has 9 nitrogen and oxygen atoms in total. The number of hydrogen-bond acceptors (Lipinski definition) is 9. The lowest BCUT2D eigenvalue weighted by molar-refractivity contribution is -0.136. The molecule has 0 unspecified atom stereocenters. The molecule has 0 spiro atoms. The quantitative estimate of drug-likeness (QED) is 0.240. The third-order valence-corrected chi connectivity index (χ3v) is 8.21. The number of nitriles is 1. The van der Waals surface area contributed by atoms with Crippen molar-refractivity contribution in [1.29, 1.82) is 5.26 Å². The molecular weight excluding hydrogens is 748 g/mol. The molecule has 1 aliphatic heterocycles. The van der Waals surface area contributed by atoms with Crippen molar-refractivity contribution in [2.75, 3.05) is 26.9 Å². The molecule has 39 heavy (non-hydrogen) atoms. The molecule has 3 aromatic rings. The summed E-state index contributed by atoms with van der Waals surface area (Å²) < 4.78 is 25.6. The Hall–Kier alpha value is -2.90. The first kappa shape index (κ1) is 29.1. The lowest BCUT2D eigenvalue weighted by atomic mass is 9.97. The maximum atomic E-state index is 13.8. The number of halogens is 2. The highest BCUT2D eigenvalue weighted by atomic mass is 127. The molecule has 1 aromatic heterocycles. The third-order valence-electron chi connectivity index (χ3n) is 5.61. The van der Waals surface area contributed by atoms with Crippen LogP contribution in [0.4, 0.5) is 0 Å². The van der Waals surface area contributed by atoms with Gasteiger partial charge in [-0.15, -0.1) is 0 Å². The van der Waals surface area contributed by atoms with Crippen LogP contribution in [0.15, 0.2) is 51.9 Å². The van der Waals surface area contributed by atoms with E-state index in [-0.39, 0.29) is 17.7 Å². The number of carbonyl (C=O) groups is 1. The Bertz CT molecular complexity index is 1650. The molecule has 0 amide bonds. The summed E-state index contributed by atoms with van der Waals surface area (Å²) in [5.41, 5.74) is 1.39. The Morgan fingerprint density at radius 2 is 1.82 bits per heavy atom. The van der Waals surface area contributed by atoms with Crippen molar-refractivity contribution in [2.24, 2.45) is 4.99 Å². The average molecular weight is 771 g/mol. The van der Waals surface area contributed by atoms with Gasteiger partial charge >= 0.3 is 5.97 Å². The largest absolute Gasteiger partial charge is 0.490 e. The van der Waals surface area contributed by atoms with Crippen LogP contribution in [0.2, 0.25) is 0 Å². The molecule has 202 valence electrons. The predicted molar refractivity (Wildman–Crippen MR) is 163 cm³/mol. The van der Waals surface area contributed by atoms with Gasteiger partial charge in [0.1, 0.15) is 11.8 Å². The number of nitrogens with zero attached hydrogens (tertiary/aromatic N) is 3. The minimum Gasteiger partial charge on any atom is -0.490 e. The summed E-state index contributed by atoms with van der Waals surface area (Å²) in [5, 5.41) is 8.84. The van der Waals surface area contributed by atoms with Crippen molar-refractivity contribution in [1.82, 2.24) is 4.57 Å². The number of carbonyl (C=O) groups excluding carboxylic acids is 1. The van der Waals surface area contributed by atoms with Crippen molar-refractivity contribution < 1.29 is 23.7 Å². The van der Waals surface area contributed by atoms with Gasteiger partial charge in [0.25, 0.3) is 5.56 Å². The standard InChI is InChI=1S/C27H23I2N3O6S/c1-4-36-20-7-6-16(13-21(20)37-5-2)23-17(26(34)35-3)14-31-27-32(23)25(33)22(39-27)12-15-10-18(28)24(19(29)11-15)38-9-8-30/h6-7,10-14,23H,4-5,9H2,1-3H3/b22-12-/t23-/m0/s1. The van der Waals surface area contributed by atoms with Gasteiger partial charge in [-0.1, -0.05) is 17.4 Å². The Kier molecular flexibility index (Phi) is 9.67. The number of ether oxygens (including phenoxy) is 4. The Balaban J connectivity index is 1.87. The normalized spacial score (nSPS) is 14.5. The van der Waals surface area contributed by atoms with E-state index < -0.39 is 12.0 Å². The first-order valence-corrected chi connectivity index (χ1v) is 14.8. The van der Waals surface area contributed by atoms with E-state index in [4.69, 9.17) is 24.2 Å². The van der Waals surface area contributed by atoms with Crippen LogP contribution in [0.5, 0.6) is 17.2 Å². The number of thiazole rings is 1. The highest BCUT2D eigenvalue weighted by Crippen LogP contribution is 2.35. The van der Waals surface area contributed by atoms with Crippen molar-refractivity contribution in [3.05, 3.63) is 80.1 Å². The zero-order valence-corrected chi connectivity index (χ0v) is 26.3. The summed E-state index contributed by atoms with van der Waals surface area (Å²) in [4.78, 5) is 31.4. The SMILES string of the molecule is CCOc1ccc([C@H]2C(C(=O)OC)=CN=c3s/c(=C\c4cc(I)c(OCC#N)c(I)c4)c(=O)n32)cc1OCC. The zero-order chi connectivity index (χ0) is 28.1. The van der Waals surface area contributed by atoms with E-state index >= 15 is 0 Å². The van der Waals surface area contributed by atoms with E-state index in [0.717, 1.165) is 12.7 Å². The molecule has 0 radical (unpaired) electrons. The van der Waals surface area contributed by atoms with E-state index in [9.17, 15) is 9.59 Å². The number of hydrogen-bond donors (Lipinski definition) is 0. The highest BCUT2D eigenvalue weighted by molar-refractivity contribution is 14.1. The maximum Gasteiger partial charge on any atom is 0.337 e. The van der Waals surface area contributed by atoms with Gasteiger partial charge in [0, 0.05) is 6.20 Å². The molecule has 0 saturated carbocycles. The van der Waals surface area contributed by atoms with Crippen LogP contribution in [0.25, 0.3) is 6.08 Å². The fourth-order valence-electron chi connectivity index (χ4n) is 4.04. The molecule has 4 rings (SSSR count). The molecule has 0 bridgehead atoms. The van der Waals surface area contributed by atoms with Crippen LogP contribution in [-0.4, -0.2) is 37.5 Å². The molecule has 2 heterocycles. The Labute approximate surface area is 255 Å². The summed E-state index contributed by atoms with van der Waals surface area (Å²) in [6.07, 6.45) is 3.24. The van der Waals surface area contributed by atoms with Crippen LogP contribution in [0.1, 0.15) is 31.0 Å². The second-order valence-electron chi connectivity index (χ2n) is 8.01. The Morgan fingerprint density at radius 3 is 2.46 bits per heavy atom. The van der Waals surface area contributed by atoms with E-state index in [0.29, 0.717) is 45.4 Å². The number of aromatic nitrogens is 1. The van der Waals surface area contributed by atoms with E-state index in [1.54, 1.807) is 18.2 Å². The fraction of sp³-hybridized carbons (Fsp3) is 0.259. The third kappa shape index (κ3) is 6.15. The van der Waals surface area contributed by atoms with E-state index in [1.165, 1.54) is 29.2 Å². The summed E-state index contributed by atoms with van der Waals surface area (Å²) in [6.45, 7) is 4.59. The first-order chi connectivity index (χ1) is 18.8. The zero-order valence-electron chi connectivity index (χ0n) is 21.2. The van der Waals surface area contributed by atoms with Crippen LogP contribution in [0.3, 0.4) is 0 Å². The summed E-state index contributed by atoms with van der Waals surface area (Å²) in [5.74, 6) is 1.13. The monoisotopic (exact) mass is 771 g/mol. The second-order valence-corrected chi connectivity index (χ2v) is 11.3. The van der Waals surface area contributed by atoms with Crippen molar-refractivity contribution in [3.8, 4) is 23.3 Å². The molecule has 0 N–H and O–H groups in total. The second kappa shape index (κ2) is 13.0. The fourth-order valence-corrected chi connectivity index (χ4v) is 7.14. The van der Waals surface area contributed by atoms with Gasteiger partial charge in [-0.2, -0.15) is 5.26 Å². The minimum atomic E-state index is -0.771. The van der Waals surface area contributed by atoms with Crippen LogP contribution in [0, 0.1) is 18.5 Å². The highest BCUT2D eigenvalue weighted by Gasteiger charge is 2.31. The molecule has 12 heteroatoms. The topological polar surface area (TPSA) is 112 Å². The molecule has 0 fully saturated rings. The number of esters is 1. The van der Waals surface area contributed by atoms with Crippen molar-refractivity contribution >= 4 is 68.6 Å². The summed E-state index contributed by atoms with van der Waals surface area (Å²) in [6, 6.07) is 10.3. The van der Waals surface area contributed by atoms with Gasteiger partial charge < -0.3 is 18.9 Å². The Morgan fingerprint density at radius 1 is 1.13 bits per heavy atom. The van der Waals surface area contributed by atoms with Gasteiger partial charge in [-0.05, 0) is 100 Å². The summed E-state index contributed by atoms with van der Waals surface area (Å²) in [7, 11) is 1.29. The molecule has 1 aliphatic rings. The van der Waals surface area contributed by atoms with Gasteiger partial charge in [0.2, 0.25) is 0 Å². The number of methoxy groups -OCH3 is 1. The van der Waals surface area contributed by atoms with Gasteiger partial charge in [-0.3, -0.25) is 9.36 Å². The lowest BCUT2D eigenvalue weighted by Gasteiger charge is -2.23. The molecule has 2 aromatic carbocycles. The van der Waals surface area contributed by atoms with Gasteiger partial charge in [0.15, 0.2) is 22.9 Å². The van der Waals surface area contributed by atoms with E-state index in [2.05, 4.69) is 50.2 Å². The number of benzene rings is 2. The molecular formula is C27H23I2N3O6S. The van der Waals surface area contributed by atoms with Crippen LogP contribution < -0.4 is 29.1 Å². The molecule has 0 saturated heterocycles. The average Bonchev–Trinajstić information content (AvgIpc) is 3.23. The predicted octanol–water partition coefficient (Wildman–Crippen LogP) is 3.93. The molecule has 0 aliphatic carbocycles. The summed E-state index contributed by atoms with van der Waals surface area (Å²) >= 11 is 5.51. The number of rotatable bonds is 9. The number of fused-ring (bicyclic) bond motifs is 1. The maximum absolute atomic E-state index is 13.8. The van der Waals surface area contributed by atoms with Gasteiger partial charge in [-0.25, -0.2) is 9.79 Å². The van der Waals surface area contributed by atoms with Crippen molar-refractivity contribution in [3.63, 3.8) is 0 Å². The first-order valence-electron chi connectivity index (χ1n) is 11.8. The lowest BCUT2D eigenvalue weighted by Crippen LogP contribution is -2.39. The van der Waals surface area contributed by atoms with E-state index in [1.807, 2.05) is 38.1 Å². The van der Waals surface area contributed by atoms with Crippen LogP contribution >= 0.6 is 56.5 Å². The van der Waals surface area contributed by atoms with Crippen molar-refractivity contribution in [2.45, 2.75) is 19.9 Å².